The van der Waals surface area contributed by atoms with Gasteiger partial charge in [0.05, 0.1) is 0 Å². The Morgan fingerprint density at radius 2 is 1.78 bits per heavy atom. The van der Waals surface area contributed by atoms with E-state index < -0.39 is 42.4 Å². The predicted octanol–water partition coefficient (Wildman–Crippen LogP) is -2.00. The first-order valence-corrected chi connectivity index (χ1v) is 7.10. The van der Waals surface area contributed by atoms with Crippen molar-refractivity contribution in [2.45, 2.75) is 31.8 Å². The van der Waals surface area contributed by atoms with Gasteiger partial charge in [-0.3, -0.25) is 19.2 Å². The second kappa shape index (κ2) is 13.5. The van der Waals surface area contributed by atoms with Gasteiger partial charge in [0, 0.05) is 12.2 Å². The number of nitrogens with one attached hydrogen (secondary N) is 2. The van der Waals surface area contributed by atoms with Gasteiger partial charge in [-0.05, 0) is 13.3 Å². The van der Waals surface area contributed by atoms with Gasteiger partial charge in [-0.1, -0.05) is 0 Å². The molecule has 0 aromatic heterocycles. The lowest BCUT2D eigenvalue weighted by molar-refractivity contribution is -0.139. The van der Waals surface area contributed by atoms with Crippen LogP contribution >= 0.6 is 12.6 Å². The lowest BCUT2D eigenvalue weighted by atomic mass is 10.1. The number of carboxylic acids is 2. The van der Waals surface area contributed by atoms with E-state index in [0.717, 1.165) is 6.29 Å². The molecule has 0 heterocycles. The van der Waals surface area contributed by atoms with E-state index in [4.69, 9.17) is 20.7 Å². The zero-order valence-corrected chi connectivity index (χ0v) is 13.4. The van der Waals surface area contributed by atoms with Crippen molar-refractivity contribution in [3.8, 4) is 0 Å². The van der Waals surface area contributed by atoms with Gasteiger partial charge in [0.15, 0.2) is 0 Å². The van der Waals surface area contributed by atoms with E-state index >= 15 is 0 Å². The maximum atomic E-state index is 11.5. The molecule has 10 nitrogen and oxygen atoms in total. The number of carboxylic acid groups (broad SMARTS) is 2. The van der Waals surface area contributed by atoms with Crippen molar-refractivity contribution in [2.24, 2.45) is 5.73 Å². The van der Waals surface area contributed by atoms with Crippen molar-refractivity contribution in [3.63, 3.8) is 0 Å². The number of aldehydes is 1. The molecule has 132 valence electrons. The van der Waals surface area contributed by atoms with Crippen molar-refractivity contribution >= 4 is 42.7 Å². The number of rotatable bonds is 9. The van der Waals surface area contributed by atoms with Gasteiger partial charge in [0.1, 0.15) is 24.9 Å². The molecule has 6 N–H and O–H groups in total. The summed E-state index contributed by atoms with van der Waals surface area (Å²) < 4.78 is 0. The molecule has 2 amide bonds. The zero-order chi connectivity index (χ0) is 18.4. The second-order valence-corrected chi connectivity index (χ2v) is 4.50. The SMILES string of the molecule is CC=O.N[C@@H](CCC(=O)N[C@@H](CS)C(=O)NCC(=O)O)C(=O)O. The maximum absolute atomic E-state index is 11.5. The number of thiol groups is 1. The number of hydrogen-bond acceptors (Lipinski definition) is 7. The van der Waals surface area contributed by atoms with Crippen molar-refractivity contribution in [1.29, 1.82) is 0 Å². The molecule has 0 aliphatic heterocycles. The summed E-state index contributed by atoms with van der Waals surface area (Å²) in [6.45, 7) is 0.878. The fourth-order valence-corrected chi connectivity index (χ4v) is 1.41. The van der Waals surface area contributed by atoms with Crippen LogP contribution in [0.25, 0.3) is 0 Å². The summed E-state index contributed by atoms with van der Waals surface area (Å²) in [7, 11) is 0. The Morgan fingerprint density at radius 1 is 1.26 bits per heavy atom. The third-order valence-corrected chi connectivity index (χ3v) is 2.61. The number of carbonyl (C=O) groups is 5. The third-order valence-electron chi connectivity index (χ3n) is 2.25. The first-order valence-electron chi connectivity index (χ1n) is 6.47. The maximum Gasteiger partial charge on any atom is 0.322 e. The van der Waals surface area contributed by atoms with Gasteiger partial charge in [-0.25, -0.2) is 0 Å². The summed E-state index contributed by atoms with van der Waals surface area (Å²) in [5.41, 5.74) is 5.23. The van der Waals surface area contributed by atoms with Crippen LogP contribution in [0.2, 0.25) is 0 Å². The van der Waals surface area contributed by atoms with Crippen LogP contribution < -0.4 is 16.4 Å². The Bertz CT molecular complexity index is 431. The molecule has 0 rings (SSSR count). The number of nitrogens with two attached hydrogens (primary N) is 1. The molecule has 0 radical (unpaired) electrons. The summed E-state index contributed by atoms with van der Waals surface area (Å²) in [6.07, 6.45) is 0.515. The topological polar surface area (TPSA) is 176 Å². The van der Waals surface area contributed by atoms with Gasteiger partial charge in [0.25, 0.3) is 0 Å². The number of aliphatic carboxylic acids is 2. The van der Waals surface area contributed by atoms with E-state index in [2.05, 4.69) is 23.3 Å². The number of carbonyl (C=O) groups excluding carboxylic acids is 3. The predicted molar refractivity (Wildman–Crippen MR) is 83.0 cm³/mol. The van der Waals surface area contributed by atoms with Gasteiger partial charge >= 0.3 is 11.9 Å². The van der Waals surface area contributed by atoms with Crippen LogP contribution in [-0.4, -0.2) is 64.6 Å². The van der Waals surface area contributed by atoms with E-state index in [9.17, 15) is 19.2 Å². The van der Waals surface area contributed by atoms with E-state index in [-0.39, 0.29) is 18.6 Å². The molecule has 0 saturated carbocycles. The molecular formula is C12H21N3O7S. The quantitative estimate of drug-likeness (QED) is 0.204. The number of hydrogen-bond donors (Lipinski definition) is 6. The molecular weight excluding hydrogens is 330 g/mol. The normalized spacial score (nSPS) is 12.0. The molecule has 0 bridgehead atoms. The molecule has 0 aromatic rings. The summed E-state index contributed by atoms with van der Waals surface area (Å²) in [4.78, 5) is 52.5. The van der Waals surface area contributed by atoms with Crippen LogP contribution in [0.3, 0.4) is 0 Å². The molecule has 0 aliphatic carbocycles. The average molecular weight is 351 g/mol. The Hall–Kier alpha value is -2.14. The minimum Gasteiger partial charge on any atom is -0.480 e. The Morgan fingerprint density at radius 3 is 2.17 bits per heavy atom. The molecule has 11 heteroatoms. The minimum atomic E-state index is -1.22. The largest absolute Gasteiger partial charge is 0.480 e. The van der Waals surface area contributed by atoms with Crippen LogP contribution in [-0.2, 0) is 24.0 Å². The fraction of sp³-hybridized carbons (Fsp3) is 0.583. The van der Waals surface area contributed by atoms with Gasteiger partial charge in [-0.15, -0.1) is 0 Å². The Balaban J connectivity index is 0. The van der Waals surface area contributed by atoms with E-state index in [0.29, 0.717) is 0 Å². The van der Waals surface area contributed by atoms with Crippen LogP contribution in [0.15, 0.2) is 0 Å². The highest BCUT2D eigenvalue weighted by Gasteiger charge is 2.20. The first kappa shape index (κ1) is 23.1. The van der Waals surface area contributed by atoms with Crippen molar-refractivity contribution in [2.75, 3.05) is 12.3 Å². The van der Waals surface area contributed by atoms with Gasteiger partial charge in [0.2, 0.25) is 11.8 Å². The molecule has 0 fully saturated rings. The third kappa shape index (κ3) is 13.3. The Kier molecular flexibility index (Phi) is 13.6. The smallest absolute Gasteiger partial charge is 0.322 e. The highest BCUT2D eigenvalue weighted by Crippen LogP contribution is 1.97. The summed E-state index contributed by atoms with van der Waals surface area (Å²) >= 11 is 3.87. The highest BCUT2D eigenvalue weighted by atomic mass is 32.1. The number of amides is 2. The molecule has 2 atom stereocenters. The van der Waals surface area contributed by atoms with Gasteiger partial charge in [-0.2, -0.15) is 12.6 Å². The van der Waals surface area contributed by atoms with E-state index in [1.165, 1.54) is 6.92 Å². The van der Waals surface area contributed by atoms with Crippen molar-refractivity contribution in [3.05, 3.63) is 0 Å². The molecule has 0 aliphatic rings. The average Bonchev–Trinajstić information content (AvgIpc) is 2.48. The van der Waals surface area contributed by atoms with Crippen LogP contribution in [0.5, 0.6) is 0 Å². The molecule has 23 heavy (non-hydrogen) atoms. The monoisotopic (exact) mass is 351 g/mol. The minimum absolute atomic E-state index is 0.0256. The highest BCUT2D eigenvalue weighted by molar-refractivity contribution is 7.80. The molecule has 0 saturated heterocycles. The van der Waals surface area contributed by atoms with Crippen LogP contribution in [0.4, 0.5) is 0 Å². The van der Waals surface area contributed by atoms with Crippen molar-refractivity contribution < 1.29 is 34.2 Å². The van der Waals surface area contributed by atoms with Gasteiger partial charge < -0.3 is 31.4 Å². The Labute approximate surface area is 138 Å². The van der Waals surface area contributed by atoms with Crippen molar-refractivity contribution in [1.82, 2.24) is 10.6 Å². The van der Waals surface area contributed by atoms with Crippen LogP contribution in [0.1, 0.15) is 19.8 Å². The molecule has 0 unspecified atom stereocenters. The fourth-order valence-electron chi connectivity index (χ4n) is 1.16. The van der Waals surface area contributed by atoms with E-state index in [1.807, 2.05) is 0 Å². The molecule has 0 spiro atoms. The summed E-state index contributed by atoms with van der Waals surface area (Å²) in [5.74, 6) is -3.70. The lowest BCUT2D eigenvalue weighted by Gasteiger charge is -2.16. The zero-order valence-electron chi connectivity index (χ0n) is 12.5. The van der Waals surface area contributed by atoms with E-state index in [1.54, 1.807) is 0 Å². The summed E-state index contributed by atoms with van der Waals surface area (Å²) in [6, 6.07) is -2.15. The second-order valence-electron chi connectivity index (χ2n) is 4.13. The van der Waals surface area contributed by atoms with Crippen LogP contribution in [0, 0.1) is 0 Å². The standard InChI is InChI=1S/C10H17N3O6S.C2H4O/c11-5(10(18)19)1-2-7(14)13-6(4-20)9(17)12-3-8(15)16;1-2-3/h5-6,20H,1-4,11H2,(H,12,17)(H,13,14)(H,15,16)(H,18,19);2H,1H3/t5-,6-;/m0./s1. The molecule has 0 aromatic carbocycles. The lowest BCUT2D eigenvalue weighted by Crippen LogP contribution is -2.49. The summed E-state index contributed by atoms with van der Waals surface area (Å²) in [5, 5.41) is 21.4. The first-order chi connectivity index (χ1) is 10.7.